The van der Waals surface area contributed by atoms with E-state index < -0.39 is 0 Å². The van der Waals surface area contributed by atoms with Crippen molar-refractivity contribution in [3.8, 4) is 0 Å². The van der Waals surface area contributed by atoms with E-state index >= 15 is 0 Å². The molecule has 0 unspecified atom stereocenters. The number of thiophene rings is 1. The van der Waals surface area contributed by atoms with Crippen molar-refractivity contribution in [3.05, 3.63) is 21.9 Å². The van der Waals surface area contributed by atoms with Crippen molar-refractivity contribution in [2.24, 2.45) is 5.92 Å². The van der Waals surface area contributed by atoms with E-state index in [1.165, 1.54) is 9.75 Å². The molecule has 21 heavy (non-hydrogen) atoms. The van der Waals surface area contributed by atoms with Gasteiger partial charge < -0.3 is 10.6 Å². The minimum absolute atomic E-state index is 0.00632. The molecule has 2 amide bonds. The molecule has 0 bridgehead atoms. The normalized spacial score (nSPS) is 15.1. The van der Waals surface area contributed by atoms with Gasteiger partial charge in [0.2, 0.25) is 11.8 Å². The van der Waals surface area contributed by atoms with E-state index in [2.05, 4.69) is 29.7 Å². The van der Waals surface area contributed by atoms with E-state index in [1.807, 2.05) is 0 Å². The first kappa shape index (κ1) is 16.0. The largest absolute Gasteiger partial charge is 0.355 e. The SMILES string of the molecule is CCc1ccc(CNC(=O)CCNC(=O)C2CCCC2)s1. The number of rotatable bonds is 7. The molecule has 0 aliphatic heterocycles. The highest BCUT2D eigenvalue weighted by atomic mass is 32.1. The maximum Gasteiger partial charge on any atom is 0.223 e. The summed E-state index contributed by atoms with van der Waals surface area (Å²) < 4.78 is 0. The van der Waals surface area contributed by atoms with Gasteiger partial charge in [0.15, 0.2) is 0 Å². The summed E-state index contributed by atoms with van der Waals surface area (Å²) >= 11 is 1.74. The molecule has 1 aromatic rings. The average molecular weight is 308 g/mol. The molecule has 0 radical (unpaired) electrons. The average Bonchev–Trinajstić information content (AvgIpc) is 3.16. The highest BCUT2D eigenvalue weighted by Crippen LogP contribution is 2.24. The van der Waals surface area contributed by atoms with Gasteiger partial charge in [-0.25, -0.2) is 0 Å². The van der Waals surface area contributed by atoms with Crippen molar-refractivity contribution in [1.82, 2.24) is 10.6 Å². The molecule has 2 N–H and O–H groups in total. The Balaban J connectivity index is 1.59. The second kappa shape index (κ2) is 8.17. The lowest BCUT2D eigenvalue weighted by Gasteiger charge is -2.10. The maximum absolute atomic E-state index is 11.8. The maximum atomic E-state index is 11.8. The Morgan fingerprint density at radius 3 is 2.57 bits per heavy atom. The van der Waals surface area contributed by atoms with Crippen molar-refractivity contribution in [2.75, 3.05) is 6.54 Å². The van der Waals surface area contributed by atoms with Crippen LogP contribution in [0.4, 0.5) is 0 Å². The zero-order valence-electron chi connectivity index (χ0n) is 12.6. The van der Waals surface area contributed by atoms with Gasteiger partial charge in [0, 0.05) is 28.6 Å². The molecule has 4 nitrogen and oxygen atoms in total. The zero-order valence-corrected chi connectivity index (χ0v) is 13.4. The first-order valence-corrected chi connectivity index (χ1v) is 8.62. The molecular formula is C16H24N2O2S. The second-order valence-electron chi connectivity index (χ2n) is 5.52. The van der Waals surface area contributed by atoms with Crippen molar-refractivity contribution in [2.45, 2.75) is 52.0 Å². The predicted molar refractivity (Wildman–Crippen MR) is 85.1 cm³/mol. The van der Waals surface area contributed by atoms with Gasteiger partial charge in [-0.2, -0.15) is 0 Å². The predicted octanol–water partition coefficient (Wildman–Crippen LogP) is 2.62. The highest BCUT2D eigenvalue weighted by Gasteiger charge is 2.22. The summed E-state index contributed by atoms with van der Waals surface area (Å²) in [5.41, 5.74) is 0. The Bertz CT molecular complexity index is 478. The van der Waals surface area contributed by atoms with E-state index in [1.54, 1.807) is 11.3 Å². The molecule has 1 aliphatic carbocycles. The molecule has 1 aromatic heterocycles. The molecule has 0 saturated heterocycles. The van der Waals surface area contributed by atoms with Crippen LogP contribution in [-0.4, -0.2) is 18.4 Å². The molecule has 0 aromatic carbocycles. The molecule has 116 valence electrons. The summed E-state index contributed by atoms with van der Waals surface area (Å²) in [6, 6.07) is 4.17. The van der Waals surface area contributed by atoms with Gasteiger partial charge in [0.25, 0.3) is 0 Å². The van der Waals surface area contributed by atoms with Crippen LogP contribution in [0.25, 0.3) is 0 Å². The van der Waals surface area contributed by atoms with Crippen LogP contribution < -0.4 is 10.6 Å². The molecule has 1 heterocycles. The van der Waals surface area contributed by atoms with Crippen LogP contribution in [0.3, 0.4) is 0 Å². The summed E-state index contributed by atoms with van der Waals surface area (Å²) in [4.78, 5) is 26.1. The Morgan fingerprint density at radius 1 is 1.19 bits per heavy atom. The topological polar surface area (TPSA) is 58.2 Å². The quantitative estimate of drug-likeness (QED) is 0.813. The molecule has 1 saturated carbocycles. The van der Waals surface area contributed by atoms with Crippen molar-refractivity contribution >= 4 is 23.2 Å². The van der Waals surface area contributed by atoms with Crippen LogP contribution >= 0.6 is 11.3 Å². The minimum atomic E-state index is -0.00632. The van der Waals surface area contributed by atoms with Crippen molar-refractivity contribution in [3.63, 3.8) is 0 Å². The zero-order chi connectivity index (χ0) is 15.1. The number of hydrogen-bond acceptors (Lipinski definition) is 3. The van der Waals surface area contributed by atoms with Crippen LogP contribution in [0.15, 0.2) is 12.1 Å². The fraction of sp³-hybridized carbons (Fsp3) is 0.625. The summed E-state index contributed by atoms with van der Waals surface area (Å²) in [7, 11) is 0. The fourth-order valence-corrected chi connectivity index (χ4v) is 3.51. The molecule has 0 spiro atoms. The number of hydrogen-bond donors (Lipinski definition) is 2. The third kappa shape index (κ3) is 5.16. The van der Waals surface area contributed by atoms with Crippen LogP contribution in [0.1, 0.15) is 48.8 Å². The van der Waals surface area contributed by atoms with Gasteiger partial charge in [-0.1, -0.05) is 19.8 Å². The minimum Gasteiger partial charge on any atom is -0.355 e. The van der Waals surface area contributed by atoms with Gasteiger partial charge in [-0.15, -0.1) is 11.3 Å². The molecule has 2 rings (SSSR count). The van der Waals surface area contributed by atoms with Crippen LogP contribution in [0, 0.1) is 5.92 Å². The third-order valence-electron chi connectivity index (χ3n) is 3.90. The molecule has 1 fully saturated rings. The van der Waals surface area contributed by atoms with Crippen LogP contribution in [-0.2, 0) is 22.6 Å². The highest BCUT2D eigenvalue weighted by molar-refractivity contribution is 7.11. The Hall–Kier alpha value is -1.36. The lowest BCUT2D eigenvalue weighted by molar-refractivity contribution is -0.125. The Morgan fingerprint density at radius 2 is 1.90 bits per heavy atom. The monoisotopic (exact) mass is 308 g/mol. The van der Waals surface area contributed by atoms with E-state index in [0.717, 1.165) is 32.1 Å². The van der Waals surface area contributed by atoms with Gasteiger partial charge in [0.1, 0.15) is 0 Å². The first-order chi connectivity index (χ1) is 10.2. The Labute approximate surface area is 130 Å². The van der Waals surface area contributed by atoms with E-state index in [-0.39, 0.29) is 17.7 Å². The van der Waals surface area contributed by atoms with E-state index in [0.29, 0.717) is 19.5 Å². The number of nitrogens with one attached hydrogen (secondary N) is 2. The molecular weight excluding hydrogens is 284 g/mol. The standard InChI is InChI=1S/C16H24N2O2S/c1-2-13-7-8-14(21-13)11-18-15(19)9-10-17-16(20)12-5-3-4-6-12/h7-8,12H,2-6,9-11H2,1H3,(H,17,20)(H,18,19). The van der Waals surface area contributed by atoms with Crippen LogP contribution in [0.5, 0.6) is 0 Å². The van der Waals surface area contributed by atoms with Gasteiger partial charge in [-0.05, 0) is 31.4 Å². The molecule has 1 aliphatic rings. The smallest absolute Gasteiger partial charge is 0.223 e. The number of carbonyl (C=O) groups is 2. The lowest BCUT2D eigenvalue weighted by Crippen LogP contribution is -2.33. The van der Waals surface area contributed by atoms with Gasteiger partial charge >= 0.3 is 0 Å². The lowest BCUT2D eigenvalue weighted by atomic mass is 10.1. The number of aryl methyl sites for hydroxylation is 1. The summed E-state index contributed by atoms with van der Waals surface area (Å²) in [5.74, 6) is 0.283. The van der Waals surface area contributed by atoms with Crippen molar-refractivity contribution in [1.29, 1.82) is 0 Å². The van der Waals surface area contributed by atoms with Gasteiger partial charge in [-0.3, -0.25) is 9.59 Å². The van der Waals surface area contributed by atoms with Crippen molar-refractivity contribution < 1.29 is 9.59 Å². The first-order valence-electron chi connectivity index (χ1n) is 7.81. The summed E-state index contributed by atoms with van der Waals surface area (Å²) in [6.07, 6.45) is 5.68. The fourth-order valence-electron chi connectivity index (χ4n) is 2.61. The van der Waals surface area contributed by atoms with Gasteiger partial charge in [0.05, 0.1) is 6.54 Å². The molecule has 0 atom stereocenters. The number of carbonyl (C=O) groups excluding carboxylic acids is 2. The summed E-state index contributed by atoms with van der Waals surface area (Å²) in [6.45, 7) is 3.15. The van der Waals surface area contributed by atoms with E-state index in [4.69, 9.17) is 0 Å². The Kier molecular flexibility index (Phi) is 6.23. The molecule has 5 heteroatoms. The van der Waals surface area contributed by atoms with E-state index in [9.17, 15) is 9.59 Å². The second-order valence-corrected chi connectivity index (χ2v) is 6.77. The summed E-state index contributed by atoms with van der Waals surface area (Å²) in [5, 5.41) is 5.77. The van der Waals surface area contributed by atoms with Crippen LogP contribution in [0.2, 0.25) is 0 Å². The number of amides is 2. The third-order valence-corrected chi connectivity index (χ3v) is 5.13.